The summed E-state index contributed by atoms with van der Waals surface area (Å²) in [6.45, 7) is 5.64. The predicted molar refractivity (Wildman–Crippen MR) is 105 cm³/mol. The van der Waals surface area contributed by atoms with Crippen LogP contribution in [0.15, 0.2) is 23.0 Å². The number of ether oxygens (including phenoxy) is 1. The number of carbonyl (C=O) groups excluding carboxylic acids is 1. The molecule has 3 saturated heterocycles. The van der Waals surface area contributed by atoms with Crippen LogP contribution in [-0.2, 0) is 24.6 Å². The summed E-state index contributed by atoms with van der Waals surface area (Å²) in [5, 5.41) is 6.97. The van der Waals surface area contributed by atoms with Crippen molar-refractivity contribution >= 4 is 5.91 Å². The third-order valence-electron chi connectivity index (χ3n) is 7.07. The van der Waals surface area contributed by atoms with Gasteiger partial charge in [-0.1, -0.05) is 12.1 Å². The average Bonchev–Trinajstić information content (AvgIpc) is 3.50. The van der Waals surface area contributed by atoms with Crippen molar-refractivity contribution in [1.82, 2.24) is 24.9 Å². The SMILES string of the molecule is CCc1cc(C(=O)NC[C@H]2[C@H]3CN(CCc4nccn4C)C[C@]34CC[C@H]2O4)on1. The van der Waals surface area contributed by atoms with Crippen molar-refractivity contribution in [3.8, 4) is 0 Å². The molecule has 5 heterocycles. The lowest BCUT2D eigenvalue weighted by atomic mass is 9.73. The molecule has 8 heteroatoms. The first-order valence-corrected chi connectivity index (χ1v) is 10.7. The minimum Gasteiger partial charge on any atom is -0.370 e. The third-order valence-corrected chi connectivity index (χ3v) is 7.07. The van der Waals surface area contributed by atoms with Crippen LogP contribution in [0, 0.1) is 11.8 Å². The average molecular weight is 399 g/mol. The quantitative estimate of drug-likeness (QED) is 0.758. The summed E-state index contributed by atoms with van der Waals surface area (Å²) in [6.07, 6.45) is 8.04. The van der Waals surface area contributed by atoms with E-state index in [1.807, 2.05) is 26.4 Å². The van der Waals surface area contributed by atoms with Crippen LogP contribution in [0.1, 0.15) is 41.8 Å². The van der Waals surface area contributed by atoms with Crippen LogP contribution < -0.4 is 5.32 Å². The highest BCUT2D eigenvalue weighted by atomic mass is 16.5. The van der Waals surface area contributed by atoms with Gasteiger partial charge >= 0.3 is 0 Å². The first-order valence-electron chi connectivity index (χ1n) is 10.7. The van der Waals surface area contributed by atoms with Gasteiger partial charge in [-0.05, 0) is 19.3 Å². The number of hydrogen-bond acceptors (Lipinski definition) is 6. The smallest absolute Gasteiger partial charge is 0.289 e. The van der Waals surface area contributed by atoms with E-state index in [4.69, 9.17) is 9.26 Å². The van der Waals surface area contributed by atoms with Crippen LogP contribution in [0.4, 0.5) is 0 Å². The van der Waals surface area contributed by atoms with Crippen LogP contribution in [0.25, 0.3) is 0 Å². The molecule has 0 aromatic carbocycles. The van der Waals surface area contributed by atoms with Gasteiger partial charge in [-0.25, -0.2) is 4.98 Å². The van der Waals surface area contributed by atoms with Gasteiger partial charge in [0.2, 0.25) is 5.76 Å². The van der Waals surface area contributed by atoms with Crippen molar-refractivity contribution in [2.45, 2.75) is 44.3 Å². The lowest BCUT2D eigenvalue weighted by molar-refractivity contribution is 0.00280. The molecule has 3 aliphatic heterocycles. The Morgan fingerprint density at radius 1 is 1.45 bits per heavy atom. The molecule has 156 valence electrons. The first kappa shape index (κ1) is 18.8. The molecule has 0 saturated carbocycles. The zero-order valence-electron chi connectivity index (χ0n) is 17.1. The number of hydrogen-bond donors (Lipinski definition) is 1. The molecule has 0 radical (unpaired) electrons. The fourth-order valence-electron chi connectivity index (χ4n) is 5.51. The second-order valence-electron chi connectivity index (χ2n) is 8.72. The van der Waals surface area contributed by atoms with Crippen LogP contribution in [0.5, 0.6) is 0 Å². The van der Waals surface area contributed by atoms with E-state index in [1.165, 1.54) is 0 Å². The fraction of sp³-hybridized carbons (Fsp3) is 0.667. The Hall–Kier alpha value is -2.19. The second kappa shape index (κ2) is 7.25. The Morgan fingerprint density at radius 3 is 3.10 bits per heavy atom. The van der Waals surface area contributed by atoms with Gasteiger partial charge in [0.05, 0.1) is 17.4 Å². The van der Waals surface area contributed by atoms with Gasteiger partial charge in [-0.3, -0.25) is 9.69 Å². The maximum absolute atomic E-state index is 12.5. The molecule has 3 aliphatic rings. The van der Waals surface area contributed by atoms with Crippen molar-refractivity contribution < 1.29 is 14.1 Å². The number of likely N-dealkylation sites (tertiary alicyclic amines) is 1. The molecule has 1 spiro atoms. The summed E-state index contributed by atoms with van der Waals surface area (Å²) in [4.78, 5) is 19.4. The van der Waals surface area contributed by atoms with E-state index >= 15 is 0 Å². The van der Waals surface area contributed by atoms with Crippen LogP contribution >= 0.6 is 0 Å². The summed E-state index contributed by atoms with van der Waals surface area (Å²) in [6, 6.07) is 1.73. The summed E-state index contributed by atoms with van der Waals surface area (Å²) < 4.78 is 13.7. The van der Waals surface area contributed by atoms with Gasteiger partial charge in [0, 0.05) is 69.9 Å². The largest absolute Gasteiger partial charge is 0.370 e. The summed E-state index contributed by atoms with van der Waals surface area (Å²) in [5.41, 5.74) is 0.778. The Balaban J connectivity index is 1.20. The van der Waals surface area contributed by atoms with E-state index in [-0.39, 0.29) is 17.6 Å². The Labute approximate surface area is 170 Å². The van der Waals surface area contributed by atoms with Gasteiger partial charge in [-0.15, -0.1) is 0 Å². The van der Waals surface area contributed by atoms with Crippen molar-refractivity contribution in [1.29, 1.82) is 0 Å². The Morgan fingerprint density at radius 2 is 2.34 bits per heavy atom. The van der Waals surface area contributed by atoms with Crippen molar-refractivity contribution in [3.63, 3.8) is 0 Å². The van der Waals surface area contributed by atoms with E-state index in [9.17, 15) is 4.79 Å². The monoisotopic (exact) mass is 399 g/mol. The highest BCUT2D eigenvalue weighted by molar-refractivity contribution is 5.91. The van der Waals surface area contributed by atoms with E-state index in [1.54, 1.807) is 6.07 Å². The summed E-state index contributed by atoms with van der Waals surface area (Å²) >= 11 is 0. The highest BCUT2D eigenvalue weighted by Gasteiger charge is 2.62. The molecular weight excluding hydrogens is 370 g/mol. The van der Waals surface area contributed by atoms with Crippen molar-refractivity contribution in [3.05, 3.63) is 35.7 Å². The highest BCUT2D eigenvalue weighted by Crippen LogP contribution is 2.54. The van der Waals surface area contributed by atoms with Gasteiger partial charge < -0.3 is 19.1 Å². The molecule has 0 aliphatic carbocycles. The molecule has 1 N–H and O–H groups in total. The van der Waals surface area contributed by atoms with Crippen LogP contribution in [0.3, 0.4) is 0 Å². The molecule has 2 bridgehead atoms. The Kier molecular flexibility index (Phi) is 4.70. The number of fused-ring (bicyclic) bond motifs is 1. The number of imidazole rings is 1. The van der Waals surface area contributed by atoms with Crippen molar-refractivity contribution in [2.24, 2.45) is 18.9 Å². The van der Waals surface area contributed by atoms with Gasteiger partial charge in [0.1, 0.15) is 5.82 Å². The minimum absolute atomic E-state index is 0.0245. The number of amides is 1. The molecule has 3 fully saturated rings. The fourth-order valence-corrected chi connectivity index (χ4v) is 5.51. The number of nitrogens with one attached hydrogen (secondary N) is 1. The Bertz CT molecular complexity index is 893. The zero-order chi connectivity index (χ0) is 20.0. The predicted octanol–water partition coefficient (Wildman–Crippen LogP) is 1.42. The summed E-state index contributed by atoms with van der Waals surface area (Å²) in [7, 11) is 2.04. The lowest BCUT2D eigenvalue weighted by Gasteiger charge is -2.29. The van der Waals surface area contributed by atoms with E-state index in [2.05, 4.69) is 24.9 Å². The van der Waals surface area contributed by atoms with E-state index in [0.717, 1.165) is 56.8 Å². The minimum atomic E-state index is -0.182. The second-order valence-corrected chi connectivity index (χ2v) is 8.72. The van der Waals surface area contributed by atoms with Crippen molar-refractivity contribution in [2.75, 3.05) is 26.2 Å². The molecule has 1 amide bonds. The standard InChI is InChI=1S/C21H29N5O3/c1-3-14-10-18(29-24-14)20(27)23-11-15-16-12-26(8-5-19-22-7-9-25(19)2)13-21(16)6-4-17(15)28-21/h7,9-10,15-17H,3-6,8,11-13H2,1-2H3,(H,23,27)/t15-,16+,17+,21+/m0/s1. The van der Waals surface area contributed by atoms with Gasteiger partial charge in [0.15, 0.2) is 0 Å². The van der Waals surface area contributed by atoms with E-state index in [0.29, 0.717) is 24.1 Å². The first-order chi connectivity index (χ1) is 14.1. The third kappa shape index (κ3) is 3.28. The molecule has 29 heavy (non-hydrogen) atoms. The molecular formula is C21H29N5O3. The number of rotatable bonds is 7. The topological polar surface area (TPSA) is 85.4 Å². The van der Waals surface area contributed by atoms with Gasteiger partial charge in [-0.2, -0.15) is 0 Å². The lowest BCUT2D eigenvalue weighted by Crippen LogP contribution is -2.41. The molecule has 2 aromatic rings. The molecule has 2 aromatic heterocycles. The summed E-state index contributed by atoms with van der Waals surface area (Å²) in [5.74, 6) is 2.07. The maximum atomic E-state index is 12.5. The number of nitrogens with zero attached hydrogens (tertiary/aromatic N) is 4. The van der Waals surface area contributed by atoms with Crippen LogP contribution in [0.2, 0.25) is 0 Å². The number of carbonyl (C=O) groups is 1. The normalized spacial score (nSPS) is 30.8. The molecule has 0 unspecified atom stereocenters. The molecule has 8 nitrogen and oxygen atoms in total. The van der Waals surface area contributed by atoms with E-state index < -0.39 is 0 Å². The number of aryl methyl sites for hydroxylation is 2. The molecule has 4 atom stereocenters. The zero-order valence-corrected chi connectivity index (χ0v) is 17.1. The number of aromatic nitrogens is 3. The van der Waals surface area contributed by atoms with Crippen LogP contribution in [-0.4, -0.2) is 63.4 Å². The maximum Gasteiger partial charge on any atom is 0.289 e. The van der Waals surface area contributed by atoms with Gasteiger partial charge in [0.25, 0.3) is 5.91 Å². The molecule has 5 rings (SSSR count).